The Morgan fingerprint density at radius 1 is 0.306 bits per heavy atom. The summed E-state index contributed by atoms with van der Waals surface area (Å²) in [4.78, 5) is 73.3. The highest BCUT2D eigenvalue weighted by Crippen LogP contribution is 2.45. The Morgan fingerprint density at radius 2 is 0.546 bits per heavy atom. The van der Waals surface area contributed by atoms with E-state index < -0.39 is 97.5 Å². The number of phosphoric acid groups is 2. The van der Waals surface area contributed by atoms with E-state index in [0.717, 1.165) is 120 Å². The Bertz CT molecular complexity index is 2180. The van der Waals surface area contributed by atoms with Crippen molar-refractivity contribution < 1.29 is 80.2 Å². The third kappa shape index (κ3) is 80.2. The third-order valence-corrected chi connectivity index (χ3v) is 22.5. The van der Waals surface area contributed by atoms with Crippen LogP contribution in [-0.4, -0.2) is 96.7 Å². The topological polar surface area (TPSA) is 237 Å². The summed E-state index contributed by atoms with van der Waals surface area (Å²) >= 11 is 0. The Hall–Kier alpha value is -2.46. The highest BCUT2D eigenvalue weighted by molar-refractivity contribution is 7.47. The summed E-state index contributed by atoms with van der Waals surface area (Å²) in [6.07, 6.45) is 73.0. The van der Waals surface area contributed by atoms with Crippen LogP contribution >= 0.6 is 15.6 Å². The highest BCUT2D eigenvalue weighted by atomic mass is 31.2. The number of aliphatic hydroxyl groups is 1. The van der Waals surface area contributed by atoms with Gasteiger partial charge in [0.1, 0.15) is 19.3 Å². The predicted molar refractivity (Wildman–Crippen MR) is 446 cm³/mol. The monoisotopic (exact) mass is 1570 g/mol. The molecular weight excluding hydrogens is 1400 g/mol. The van der Waals surface area contributed by atoms with E-state index in [1.54, 1.807) is 0 Å². The van der Waals surface area contributed by atoms with Crippen molar-refractivity contribution in [2.24, 2.45) is 17.8 Å². The molecule has 3 unspecified atom stereocenters. The smallest absolute Gasteiger partial charge is 0.462 e. The largest absolute Gasteiger partial charge is 0.472 e. The van der Waals surface area contributed by atoms with Crippen molar-refractivity contribution in [1.82, 2.24) is 0 Å². The molecule has 0 aliphatic rings. The van der Waals surface area contributed by atoms with E-state index in [1.165, 1.54) is 244 Å². The first kappa shape index (κ1) is 106. The fraction of sp³-hybridized carbons (Fsp3) is 0.910. The first-order valence-corrected chi connectivity index (χ1v) is 48.2. The SMILES string of the molecule is CCCCCC/C=C\C=C/CCCCCCCC(=O)O[C@H](COC(=O)CCCCCCCCCCCC(C)C)COP(=O)(O)OC[C@H](O)COP(=O)(O)OC[C@@H](COC(=O)CCCCCCCCCCCCCCCCCCC(C)C)OC(=O)CCCCCCCCCCCCCCCCCCCCC(C)CC. The zero-order valence-electron chi connectivity index (χ0n) is 70.8. The van der Waals surface area contributed by atoms with Crippen molar-refractivity contribution in [1.29, 1.82) is 0 Å². The molecule has 0 aromatic carbocycles. The van der Waals surface area contributed by atoms with E-state index in [1.807, 2.05) is 0 Å². The van der Waals surface area contributed by atoms with Gasteiger partial charge in [0.15, 0.2) is 12.2 Å². The van der Waals surface area contributed by atoms with Crippen LogP contribution < -0.4 is 0 Å². The number of hydrogen-bond donors (Lipinski definition) is 3. The number of allylic oxidation sites excluding steroid dienone is 4. The maximum atomic E-state index is 13.2. The molecule has 0 rings (SSSR count). The summed E-state index contributed by atoms with van der Waals surface area (Å²) in [6.45, 7) is 12.0. The van der Waals surface area contributed by atoms with Gasteiger partial charge >= 0.3 is 39.5 Å². The Balaban J connectivity index is 5.27. The molecule has 0 aliphatic carbocycles. The number of carbonyl (C=O) groups is 4. The van der Waals surface area contributed by atoms with Crippen LogP contribution in [0.4, 0.5) is 0 Å². The molecule has 0 saturated carbocycles. The summed E-state index contributed by atoms with van der Waals surface area (Å²) in [7, 11) is -9.95. The summed E-state index contributed by atoms with van der Waals surface area (Å²) in [5.41, 5.74) is 0. The number of esters is 4. The normalized spacial score (nSPS) is 14.2. The van der Waals surface area contributed by atoms with Gasteiger partial charge in [-0.1, -0.05) is 394 Å². The molecule has 19 heteroatoms. The molecule has 638 valence electrons. The molecule has 17 nitrogen and oxygen atoms in total. The zero-order valence-corrected chi connectivity index (χ0v) is 72.6. The van der Waals surface area contributed by atoms with Crippen LogP contribution in [0.25, 0.3) is 0 Å². The third-order valence-electron chi connectivity index (χ3n) is 20.6. The van der Waals surface area contributed by atoms with Crippen molar-refractivity contribution in [3.63, 3.8) is 0 Å². The van der Waals surface area contributed by atoms with Crippen LogP contribution in [0, 0.1) is 17.8 Å². The molecule has 0 saturated heterocycles. The molecule has 0 spiro atoms. The van der Waals surface area contributed by atoms with E-state index in [2.05, 4.69) is 72.8 Å². The number of aliphatic hydroxyl groups excluding tert-OH is 1. The predicted octanol–water partition coefficient (Wildman–Crippen LogP) is 26.8. The van der Waals surface area contributed by atoms with Crippen LogP contribution in [0.15, 0.2) is 24.3 Å². The minimum atomic E-state index is -4.97. The number of rotatable bonds is 85. The Labute approximate surface area is 663 Å². The molecular formula is C89H170O17P2. The second kappa shape index (κ2) is 78.4. The van der Waals surface area contributed by atoms with Gasteiger partial charge < -0.3 is 33.8 Å². The molecule has 0 aromatic heterocycles. The number of carbonyl (C=O) groups excluding carboxylic acids is 4. The van der Waals surface area contributed by atoms with E-state index in [9.17, 15) is 43.2 Å². The standard InChI is InChI=1S/C89H170O17P2/c1-8-10-11-12-13-14-15-16-23-31-36-43-51-58-65-72-88(93)106-85(77-100-87(92)71-64-57-50-45-38-40-47-54-61-68-81(5)6)79-104-108(97,98)102-75-83(90)74-101-107(95,96)103-78-84(76-99-86(91)70-63-56-49-42-35-30-26-22-21-24-28-33-39-46-53-60-67-80(3)4)105-89(94)73-66-59-52-44-37-32-27-20-18-17-19-25-29-34-41-48-55-62-69-82(7)9-2/h14-16,23,80-85,90H,8-13,17-22,24-79H2,1-7H3,(H,95,96)(H,97,98)/b15-14-,23-16-/t82?,83-,84-,85-/m1/s1. The van der Waals surface area contributed by atoms with E-state index in [4.69, 9.17) is 37.0 Å². The van der Waals surface area contributed by atoms with Crippen molar-refractivity contribution in [2.45, 2.75) is 465 Å². The van der Waals surface area contributed by atoms with Gasteiger partial charge in [0.05, 0.1) is 26.4 Å². The number of ether oxygens (including phenoxy) is 4. The van der Waals surface area contributed by atoms with Gasteiger partial charge in [0.2, 0.25) is 0 Å². The molecule has 6 atom stereocenters. The quantitative estimate of drug-likeness (QED) is 0.0169. The lowest BCUT2D eigenvalue weighted by molar-refractivity contribution is -0.161. The number of hydrogen-bond acceptors (Lipinski definition) is 15. The summed E-state index contributed by atoms with van der Waals surface area (Å²) in [5.74, 6) is 0.290. The molecule has 0 heterocycles. The summed E-state index contributed by atoms with van der Waals surface area (Å²) < 4.78 is 68.9. The van der Waals surface area contributed by atoms with Crippen LogP contribution in [0.5, 0.6) is 0 Å². The molecule has 0 amide bonds. The van der Waals surface area contributed by atoms with Crippen LogP contribution in [0.3, 0.4) is 0 Å². The van der Waals surface area contributed by atoms with Gasteiger partial charge in [0, 0.05) is 25.7 Å². The maximum Gasteiger partial charge on any atom is 0.472 e. The average Bonchev–Trinajstić information content (AvgIpc) is 0.897. The van der Waals surface area contributed by atoms with Gasteiger partial charge in [-0.05, 0) is 69.1 Å². The minimum Gasteiger partial charge on any atom is -0.462 e. The first-order valence-electron chi connectivity index (χ1n) is 45.2. The molecule has 0 aliphatic heterocycles. The fourth-order valence-corrected chi connectivity index (χ4v) is 14.9. The summed E-state index contributed by atoms with van der Waals surface area (Å²) in [5, 5.41) is 10.7. The van der Waals surface area contributed by atoms with Gasteiger partial charge in [-0.2, -0.15) is 0 Å². The lowest BCUT2D eigenvalue weighted by atomic mass is 9.99. The highest BCUT2D eigenvalue weighted by Gasteiger charge is 2.30. The maximum absolute atomic E-state index is 13.2. The molecule has 0 fully saturated rings. The van der Waals surface area contributed by atoms with Crippen molar-refractivity contribution in [3.8, 4) is 0 Å². The van der Waals surface area contributed by atoms with Crippen LogP contribution in [0.1, 0.15) is 447 Å². The number of phosphoric ester groups is 2. The minimum absolute atomic E-state index is 0.0848. The zero-order chi connectivity index (χ0) is 79.3. The number of unbranched alkanes of at least 4 members (excludes halogenated alkanes) is 49. The molecule has 0 aromatic rings. The van der Waals surface area contributed by atoms with Gasteiger partial charge in [-0.3, -0.25) is 37.3 Å². The van der Waals surface area contributed by atoms with Crippen molar-refractivity contribution >= 4 is 39.5 Å². The average molecular weight is 1570 g/mol. The molecule has 108 heavy (non-hydrogen) atoms. The Morgan fingerprint density at radius 3 is 0.824 bits per heavy atom. The first-order chi connectivity index (χ1) is 52.3. The molecule has 0 bridgehead atoms. The van der Waals surface area contributed by atoms with Gasteiger partial charge in [-0.25, -0.2) is 9.13 Å². The van der Waals surface area contributed by atoms with E-state index in [-0.39, 0.29) is 25.7 Å². The second-order valence-electron chi connectivity index (χ2n) is 32.5. The fourth-order valence-electron chi connectivity index (χ4n) is 13.3. The summed E-state index contributed by atoms with van der Waals surface area (Å²) in [6, 6.07) is 0. The van der Waals surface area contributed by atoms with Crippen LogP contribution in [-0.2, 0) is 65.4 Å². The second-order valence-corrected chi connectivity index (χ2v) is 35.4. The van der Waals surface area contributed by atoms with Crippen molar-refractivity contribution in [3.05, 3.63) is 24.3 Å². The van der Waals surface area contributed by atoms with E-state index >= 15 is 0 Å². The lowest BCUT2D eigenvalue weighted by Gasteiger charge is -2.21. The lowest BCUT2D eigenvalue weighted by Crippen LogP contribution is -2.30. The van der Waals surface area contributed by atoms with Gasteiger partial charge in [0.25, 0.3) is 0 Å². The van der Waals surface area contributed by atoms with E-state index in [0.29, 0.717) is 25.7 Å². The molecule has 0 radical (unpaired) electrons. The molecule has 3 N–H and O–H groups in total. The van der Waals surface area contributed by atoms with Gasteiger partial charge in [-0.15, -0.1) is 0 Å². The van der Waals surface area contributed by atoms with Crippen molar-refractivity contribution in [2.75, 3.05) is 39.6 Å². The Kier molecular flexibility index (Phi) is 76.6. The van der Waals surface area contributed by atoms with Crippen LogP contribution in [0.2, 0.25) is 0 Å².